The summed E-state index contributed by atoms with van der Waals surface area (Å²) in [6.07, 6.45) is 3.10. The number of amides is 1. The van der Waals surface area contributed by atoms with Crippen molar-refractivity contribution in [1.29, 1.82) is 0 Å². The van der Waals surface area contributed by atoms with Gasteiger partial charge < -0.3 is 14.4 Å². The van der Waals surface area contributed by atoms with Crippen molar-refractivity contribution in [3.8, 4) is 11.5 Å². The Morgan fingerprint density at radius 1 is 1.23 bits per heavy atom. The Labute approximate surface area is 158 Å². The number of nitrogens with zero attached hydrogens (tertiary/aromatic N) is 1. The summed E-state index contributed by atoms with van der Waals surface area (Å²) in [7, 11) is 1.66. The molecule has 134 valence electrons. The second-order valence-corrected chi connectivity index (χ2v) is 6.99. The van der Waals surface area contributed by atoms with Crippen LogP contribution in [0.5, 0.6) is 11.5 Å². The van der Waals surface area contributed by atoms with Crippen molar-refractivity contribution in [2.45, 2.75) is 18.9 Å². The molecule has 0 bridgehead atoms. The summed E-state index contributed by atoms with van der Waals surface area (Å²) in [4.78, 5) is 14.7. The predicted octanol–water partition coefficient (Wildman–Crippen LogP) is 3.97. The molecule has 26 heavy (non-hydrogen) atoms. The average molecular weight is 370 g/mol. The molecule has 0 aliphatic carbocycles. The number of ether oxygens (including phenoxy) is 2. The van der Waals surface area contributed by atoms with Crippen LogP contribution in [-0.2, 0) is 11.2 Å². The van der Waals surface area contributed by atoms with Gasteiger partial charge in [-0.3, -0.25) is 4.79 Å². The molecule has 0 spiro atoms. The molecule has 0 saturated heterocycles. The first-order valence-electron chi connectivity index (χ1n) is 8.71. The smallest absolute Gasteiger partial charge is 0.264 e. The lowest BCUT2D eigenvalue weighted by Gasteiger charge is -2.28. The van der Waals surface area contributed by atoms with Crippen LogP contribution in [0, 0.1) is 0 Å². The van der Waals surface area contributed by atoms with Crippen LogP contribution < -0.4 is 9.47 Å². The zero-order chi connectivity index (χ0) is 18.1. The number of carbonyl (C=O) groups is 1. The minimum absolute atomic E-state index is 0.0438. The van der Waals surface area contributed by atoms with Gasteiger partial charge in [-0.05, 0) is 53.5 Å². The first-order valence-corrected chi connectivity index (χ1v) is 9.09. The van der Waals surface area contributed by atoms with Crippen LogP contribution in [0.1, 0.15) is 17.5 Å². The fourth-order valence-electron chi connectivity index (χ4n) is 3.50. The van der Waals surface area contributed by atoms with Crippen LogP contribution in [0.2, 0.25) is 5.02 Å². The number of methoxy groups -OCH3 is 1. The molecule has 2 aromatic rings. The molecule has 4 rings (SSSR count). The highest BCUT2D eigenvalue weighted by atomic mass is 35.5. The minimum atomic E-state index is -0.445. The normalized spacial score (nSPS) is 18.8. The number of fused-ring (bicyclic) bond motifs is 1. The number of carbonyl (C=O) groups excluding carboxylic acids is 1. The molecule has 0 aromatic heterocycles. The van der Waals surface area contributed by atoms with E-state index >= 15 is 0 Å². The maximum absolute atomic E-state index is 12.8. The van der Waals surface area contributed by atoms with Crippen molar-refractivity contribution < 1.29 is 14.3 Å². The van der Waals surface area contributed by atoms with Crippen LogP contribution in [0.25, 0.3) is 5.57 Å². The number of hydrogen-bond acceptors (Lipinski definition) is 3. The molecule has 1 amide bonds. The van der Waals surface area contributed by atoms with Crippen LogP contribution >= 0.6 is 11.6 Å². The van der Waals surface area contributed by atoms with E-state index in [1.165, 1.54) is 11.1 Å². The van der Waals surface area contributed by atoms with Gasteiger partial charge in [0.1, 0.15) is 11.5 Å². The standard InChI is InChI=1S/C21H20ClNO3/c1-25-18-5-2-14(3-6-18)15-8-10-23(11-9-15)21(24)20-13-16-12-17(22)4-7-19(16)26-20/h2-8,12,20H,9-11,13H2,1H3/t20-/m0/s1. The third kappa shape index (κ3) is 3.29. The molecule has 0 radical (unpaired) electrons. The highest BCUT2D eigenvalue weighted by Crippen LogP contribution is 2.32. The lowest BCUT2D eigenvalue weighted by molar-refractivity contribution is -0.137. The quantitative estimate of drug-likeness (QED) is 0.821. The molecule has 0 N–H and O–H groups in total. The molecule has 0 unspecified atom stereocenters. The van der Waals surface area contributed by atoms with Gasteiger partial charge in [-0.1, -0.05) is 29.8 Å². The Kier molecular flexibility index (Phi) is 4.60. The number of halogens is 1. The van der Waals surface area contributed by atoms with Gasteiger partial charge >= 0.3 is 0 Å². The van der Waals surface area contributed by atoms with E-state index in [-0.39, 0.29) is 5.91 Å². The van der Waals surface area contributed by atoms with Gasteiger partial charge in [0.2, 0.25) is 0 Å². The predicted molar refractivity (Wildman–Crippen MR) is 102 cm³/mol. The van der Waals surface area contributed by atoms with Gasteiger partial charge in [-0.25, -0.2) is 0 Å². The third-order valence-electron chi connectivity index (χ3n) is 4.95. The van der Waals surface area contributed by atoms with E-state index in [4.69, 9.17) is 21.1 Å². The Morgan fingerprint density at radius 3 is 2.73 bits per heavy atom. The van der Waals surface area contributed by atoms with E-state index in [2.05, 4.69) is 18.2 Å². The molecule has 0 saturated carbocycles. The van der Waals surface area contributed by atoms with Crippen molar-refractivity contribution in [1.82, 2.24) is 4.90 Å². The van der Waals surface area contributed by atoms with Crippen molar-refractivity contribution in [2.75, 3.05) is 20.2 Å². The minimum Gasteiger partial charge on any atom is -0.497 e. The van der Waals surface area contributed by atoms with E-state index in [9.17, 15) is 4.79 Å². The Bertz CT molecular complexity index is 860. The third-order valence-corrected chi connectivity index (χ3v) is 5.19. The highest BCUT2D eigenvalue weighted by Gasteiger charge is 2.33. The van der Waals surface area contributed by atoms with Crippen molar-refractivity contribution >= 4 is 23.1 Å². The van der Waals surface area contributed by atoms with Crippen molar-refractivity contribution in [2.24, 2.45) is 0 Å². The van der Waals surface area contributed by atoms with Gasteiger partial charge in [-0.2, -0.15) is 0 Å². The summed E-state index contributed by atoms with van der Waals surface area (Å²) in [5.74, 6) is 1.65. The number of rotatable bonds is 3. The van der Waals surface area contributed by atoms with E-state index < -0.39 is 6.10 Å². The van der Waals surface area contributed by atoms with Crippen LogP contribution in [0.15, 0.2) is 48.5 Å². The molecule has 2 aromatic carbocycles. The molecule has 4 nitrogen and oxygen atoms in total. The molecular weight excluding hydrogens is 350 g/mol. The highest BCUT2D eigenvalue weighted by molar-refractivity contribution is 6.30. The van der Waals surface area contributed by atoms with E-state index in [1.807, 2.05) is 29.2 Å². The summed E-state index contributed by atoms with van der Waals surface area (Å²) in [6, 6.07) is 13.5. The first kappa shape index (κ1) is 17.0. The van der Waals surface area contributed by atoms with Crippen LogP contribution in [0.4, 0.5) is 0 Å². The fraction of sp³-hybridized carbons (Fsp3) is 0.286. The van der Waals surface area contributed by atoms with Gasteiger partial charge in [0.15, 0.2) is 6.10 Å². The maximum Gasteiger partial charge on any atom is 0.264 e. The summed E-state index contributed by atoms with van der Waals surface area (Å²) in [5, 5.41) is 0.672. The van der Waals surface area contributed by atoms with E-state index in [0.29, 0.717) is 24.5 Å². The molecule has 1 atom stereocenters. The maximum atomic E-state index is 12.8. The van der Waals surface area contributed by atoms with Gasteiger partial charge in [-0.15, -0.1) is 0 Å². The lowest BCUT2D eigenvalue weighted by atomic mass is 9.99. The molecule has 5 heteroatoms. The largest absolute Gasteiger partial charge is 0.497 e. The molecule has 2 aliphatic heterocycles. The second-order valence-electron chi connectivity index (χ2n) is 6.55. The Hall–Kier alpha value is -2.46. The summed E-state index contributed by atoms with van der Waals surface area (Å²) in [5.41, 5.74) is 3.44. The summed E-state index contributed by atoms with van der Waals surface area (Å²) in [6.45, 7) is 1.31. The summed E-state index contributed by atoms with van der Waals surface area (Å²) >= 11 is 6.03. The molecule has 0 fully saturated rings. The van der Waals surface area contributed by atoms with Gasteiger partial charge in [0, 0.05) is 24.5 Å². The number of hydrogen-bond donors (Lipinski definition) is 0. The molecule has 2 heterocycles. The van der Waals surface area contributed by atoms with Crippen molar-refractivity contribution in [3.63, 3.8) is 0 Å². The monoisotopic (exact) mass is 369 g/mol. The fourth-order valence-corrected chi connectivity index (χ4v) is 3.69. The van der Waals surface area contributed by atoms with E-state index in [1.54, 1.807) is 13.2 Å². The average Bonchev–Trinajstić information content (AvgIpc) is 3.11. The Morgan fingerprint density at radius 2 is 2.04 bits per heavy atom. The molecule has 2 aliphatic rings. The molecular formula is C21H20ClNO3. The number of benzene rings is 2. The van der Waals surface area contributed by atoms with Gasteiger partial charge in [0.05, 0.1) is 7.11 Å². The van der Waals surface area contributed by atoms with Gasteiger partial charge in [0.25, 0.3) is 5.91 Å². The first-order chi connectivity index (χ1) is 12.6. The second kappa shape index (κ2) is 7.04. The lowest BCUT2D eigenvalue weighted by Crippen LogP contribution is -2.43. The van der Waals surface area contributed by atoms with Crippen LogP contribution in [-0.4, -0.2) is 37.1 Å². The zero-order valence-electron chi connectivity index (χ0n) is 14.6. The zero-order valence-corrected chi connectivity index (χ0v) is 15.3. The van der Waals surface area contributed by atoms with E-state index in [0.717, 1.165) is 23.5 Å². The Balaban J connectivity index is 1.41. The topological polar surface area (TPSA) is 38.8 Å². The van der Waals surface area contributed by atoms with Crippen LogP contribution in [0.3, 0.4) is 0 Å². The SMILES string of the molecule is COc1ccc(C2=CCN(C(=O)[C@@H]3Cc4cc(Cl)ccc4O3)CC2)cc1. The van der Waals surface area contributed by atoms with Crippen molar-refractivity contribution in [3.05, 3.63) is 64.7 Å². The summed E-state index contributed by atoms with van der Waals surface area (Å²) < 4.78 is 11.0.